The maximum Gasteiger partial charge on any atom is 0.227 e. The van der Waals surface area contributed by atoms with Gasteiger partial charge in [-0.3, -0.25) is 4.79 Å². The molecule has 24 heavy (non-hydrogen) atoms. The molecule has 0 radical (unpaired) electrons. The van der Waals surface area contributed by atoms with Crippen molar-refractivity contribution in [2.24, 2.45) is 5.92 Å². The second kappa shape index (κ2) is 6.83. The molecule has 0 fully saturated rings. The molecule has 0 saturated carbocycles. The van der Waals surface area contributed by atoms with E-state index in [9.17, 15) is 4.79 Å². The number of nitrogens with zero attached hydrogens (tertiary/aromatic N) is 1. The molecule has 0 unspecified atom stereocenters. The first-order valence-corrected chi connectivity index (χ1v) is 8.34. The maximum absolute atomic E-state index is 11.9. The van der Waals surface area contributed by atoms with Gasteiger partial charge >= 0.3 is 0 Å². The highest BCUT2D eigenvalue weighted by Crippen LogP contribution is 2.30. The molecule has 0 aliphatic carbocycles. The number of nitrogens with one attached hydrogen (secondary N) is 1. The van der Waals surface area contributed by atoms with Crippen LogP contribution in [0.3, 0.4) is 0 Å². The van der Waals surface area contributed by atoms with Crippen molar-refractivity contribution in [3.63, 3.8) is 0 Å². The number of hydrogen-bond donors (Lipinski definition) is 1. The van der Waals surface area contributed by atoms with E-state index in [0.29, 0.717) is 45.1 Å². The molecule has 0 saturated heterocycles. The molecule has 0 aliphatic rings. The van der Waals surface area contributed by atoms with Gasteiger partial charge in [0.25, 0.3) is 0 Å². The van der Waals surface area contributed by atoms with Gasteiger partial charge in [-0.2, -0.15) is 0 Å². The van der Waals surface area contributed by atoms with Gasteiger partial charge in [0, 0.05) is 17.7 Å². The van der Waals surface area contributed by atoms with Gasteiger partial charge in [0.2, 0.25) is 11.8 Å². The van der Waals surface area contributed by atoms with E-state index in [0.717, 1.165) is 5.56 Å². The van der Waals surface area contributed by atoms with E-state index in [2.05, 4.69) is 10.3 Å². The van der Waals surface area contributed by atoms with Crippen LogP contribution in [-0.2, 0) is 4.79 Å². The van der Waals surface area contributed by atoms with E-state index in [1.54, 1.807) is 36.4 Å². The van der Waals surface area contributed by atoms with Crippen molar-refractivity contribution in [2.75, 3.05) is 5.32 Å². The van der Waals surface area contributed by atoms with Crippen LogP contribution in [0.4, 0.5) is 5.69 Å². The topological polar surface area (TPSA) is 55.1 Å². The van der Waals surface area contributed by atoms with E-state index in [1.165, 1.54) is 0 Å². The summed E-state index contributed by atoms with van der Waals surface area (Å²) in [7, 11) is 0. The van der Waals surface area contributed by atoms with Gasteiger partial charge in [0.15, 0.2) is 5.58 Å². The van der Waals surface area contributed by atoms with Crippen molar-refractivity contribution in [3.8, 4) is 11.5 Å². The molecule has 0 spiro atoms. The predicted molar refractivity (Wildman–Crippen MR) is 97.5 cm³/mol. The fourth-order valence-corrected chi connectivity index (χ4v) is 2.64. The van der Waals surface area contributed by atoms with Crippen LogP contribution in [0.15, 0.2) is 40.8 Å². The highest BCUT2D eigenvalue weighted by Gasteiger charge is 2.12. The van der Waals surface area contributed by atoms with E-state index in [4.69, 9.17) is 27.6 Å². The lowest BCUT2D eigenvalue weighted by Gasteiger charge is -2.06. The number of oxazole rings is 1. The molecule has 0 bridgehead atoms. The molecule has 1 N–H and O–H groups in total. The fourth-order valence-electron chi connectivity index (χ4n) is 2.34. The smallest absolute Gasteiger partial charge is 0.227 e. The second-order valence-corrected chi connectivity index (χ2v) is 6.79. The zero-order valence-electron chi connectivity index (χ0n) is 13.3. The zero-order valence-corrected chi connectivity index (χ0v) is 14.8. The first kappa shape index (κ1) is 16.8. The fraction of sp³-hybridized carbons (Fsp3) is 0.222. The van der Waals surface area contributed by atoms with Crippen molar-refractivity contribution in [1.29, 1.82) is 0 Å². The van der Waals surface area contributed by atoms with Crippen molar-refractivity contribution in [2.45, 2.75) is 20.3 Å². The Labute approximate surface area is 149 Å². The molecule has 6 heteroatoms. The van der Waals surface area contributed by atoms with Crippen molar-refractivity contribution in [3.05, 3.63) is 46.4 Å². The molecular formula is C18H16Cl2N2O2. The Hall–Kier alpha value is -2.04. The van der Waals surface area contributed by atoms with Crippen LogP contribution >= 0.6 is 23.2 Å². The number of aromatic nitrogens is 1. The largest absolute Gasteiger partial charge is 0.436 e. The van der Waals surface area contributed by atoms with Crippen molar-refractivity contribution >= 4 is 45.9 Å². The van der Waals surface area contributed by atoms with Gasteiger partial charge in [-0.25, -0.2) is 4.98 Å². The highest BCUT2D eigenvalue weighted by molar-refractivity contribution is 6.42. The summed E-state index contributed by atoms with van der Waals surface area (Å²) < 4.78 is 5.75. The van der Waals surface area contributed by atoms with Crippen molar-refractivity contribution in [1.82, 2.24) is 4.98 Å². The van der Waals surface area contributed by atoms with Gasteiger partial charge in [-0.05, 0) is 42.3 Å². The minimum Gasteiger partial charge on any atom is -0.436 e. The van der Waals surface area contributed by atoms with Crippen LogP contribution in [0.5, 0.6) is 0 Å². The average molecular weight is 363 g/mol. The summed E-state index contributed by atoms with van der Waals surface area (Å²) in [5.74, 6) is 0.744. The summed E-state index contributed by atoms with van der Waals surface area (Å²) in [6, 6.07) is 10.6. The molecule has 0 aliphatic heterocycles. The van der Waals surface area contributed by atoms with Crippen LogP contribution in [0.25, 0.3) is 22.6 Å². The quantitative estimate of drug-likeness (QED) is 0.639. The Kier molecular flexibility index (Phi) is 4.78. The van der Waals surface area contributed by atoms with E-state index >= 15 is 0 Å². The Balaban J connectivity index is 1.88. The molecule has 124 valence electrons. The number of halogens is 2. The summed E-state index contributed by atoms with van der Waals surface area (Å²) >= 11 is 12.0. The minimum absolute atomic E-state index is 0.0162. The maximum atomic E-state index is 11.9. The molecule has 3 aromatic rings. The summed E-state index contributed by atoms with van der Waals surface area (Å²) in [5, 5.41) is 3.79. The molecule has 1 amide bonds. The Morgan fingerprint density at radius 1 is 1.17 bits per heavy atom. The van der Waals surface area contributed by atoms with Gasteiger partial charge in [-0.15, -0.1) is 0 Å². The van der Waals surface area contributed by atoms with Crippen molar-refractivity contribution < 1.29 is 9.21 Å². The molecule has 1 aromatic heterocycles. The third kappa shape index (κ3) is 3.71. The van der Waals surface area contributed by atoms with Crippen LogP contribution in [0.1, 0.15) is 20.3 Å². The molecule has 3 rings (SSSR count). The lowest BCUT2D eigenvalue weighted by molar-refractivity contribution is -0.116. The first-order chi connectivity index (χ1) is 11.4. The number of hydrogen-bond acceptors (Lipinski definition) is 3. The monoisotopic (exact) mass is 362 g/mol. The van der Waals surface area contributed by atoms with Crippen LogP contribution < -0.4 is 5.32 Å². The van der Waals surface area contributed by atoms with E-state index in [-0.39, 0.29) is 5.91 Å². The number of carbonyl (C=O) groups is 1. The van der Waals surface area contributed by atoms with E-state index in [1.807, 2.05) is 13.8 Å². The summed E-state index contributed by atoms with van der Waals surface area (Å²) in [6.07, 6.45) is 0.478. The van der Waals surface area contributed by atoms with Crippen LogP contribution in [0.2, 0.25) is 10.0 Å². The average Bonchev–Trinajstić information content (AvgIpc) is 2.92. The normalized spacial score (nSPS) is 11.2. The molecule has 0 atom stereocenters. The lowest BCUT2D eigenvalue weighted by Crippen LogP contribution is -2.13. The van der Waals surface area contributed by atoms with Gasteiger partial charge in [0.1, 0.15) is 5.52 Å². The molecular weight excluding hydrogens is 347 g/mol. The Bertz CT molecular complexity index is 903. The lowest BCUT2D eigenvalue weighted by atomic mass is 10.1. The molecule has 2 aromatic carbocycles. The number of benzene rings is 2. The third-order valence-corrected chi connectivity index (χ3v) is 4.17. The predicted octanol–water partition coefficient (Wildman–Crippen LogP) is 5.79. The number of carbonyl (C=O) groups excluding carboxylic acids is 1. The van der Waals surface area contributed by atoms with Crippen LogP contribution in [0, 0.1) is 5.92 Å². The third-order valence-electron chi connectivity index (χ3n) is 3.43. The number of amides is 1. The standard InChI is InChI=1S/C18H16Cl2N2O2/c1-10(2)7-17(23)21-12-4-6-16-15(9-12)22-18(24-16)11-3-5-13(19)14(20)8-11/h3-6,8-10H,7H2,1-2H3,(H,21,23). The number of rotatable bonds is 4. The highest BCUT2D eigenvalue weighted by atomic mass is 35.5. The first-order valence-electron chi connectivity index (χ1n) is 7.58. The van der Waals surface area contributed by atoms with Crippen LogP contribution in [-0.4, -0.2) is 10.9 Å². The Morgan fingerprint density at radius 3 is 2.67 bits per heavy atom. The second-order valence-electron chi connectivity index (χ2n) is 5.98. The summed E-state index contributed by atoms with van der Waals surface area (Å²) in [6.45, 7) is 4.01. The van der Waals surface area contributed by atoms with Gasteiger partial charge in [-0.1, -0.05) is 37.0 Å². The number of anilines is 1. The zero-order chi connectivity index (χ0) is 17.3. The molecule has 4 nitrogen and oxygen atoms in total. The minimum atomic E-state index is -0.0162. The molecule has 1 heterocycles. The summed E-state index contributed by atoms with van der Waals surface area (Å²) in [4.78, 5) is 16.3. The van der Waals surface area contributed by atoms with E-state index < -0.39 is 0 Å². The number of fused-ring (bicyclic) bond motifs is 1. The summed E-state index contributed by atoms with van der Waals surface area (Å²) in [5.41, 5.74) is 2.74. The van der Waals surface area contributed by atoms with Gasteiger partial charge in [0.05, 0.1) is 10.0 Å². The SMILES string of the molecule is CC(C)CC(=O)Nc1ccc2oc(-c3ccc(Cl)c(Cl)c3)nc2c1. The van der Waals surface area contributed by atoms with Gasteiger partial charge < -0.3 is 9.73 Å². The Morgan fingerprint density at radius 2 is 1.96 bits per heavy atom.